The summed E-state index contributed by atoms with van der Waals surface area (Å²) in [5.74, 6) is 2.74. The molecular formula is C12H25N. The minimum Gasteiger partial charge on any atom is -0.317 e. The van der Waals surface area contributed by atoms with E-state index in [1.807, 2.05) is 0 Å². The van der Waals surface area contributed by atoms with Crippen LogP contribution in [0, 0.1) is 17.8 Å². The van der Waals surface area contributed by atoms with Crippen LogP contribution in [0.3, 0.4) is 0 Å². The zero-order valence-electron chi connectivity index (χ0n) is 9.64. The van der Waals surface area contributed by atoms with Crippen LogP contribution >= 0.6 is 0 Å². The zero-order chi connectivity index (χ0) is 9.84. The molecule has 1 aliphatic rings. The van der Waals surface area contributed by atoms with E-state index in [2.05, 4.69) is 33.1 Å². The maximum absolute atomic E-state index is 3.50. The molecule has 0 radical (unpaired) electrons. The van der Waals surface area contributed by atoms with E-state index in [-0.39, 0.29) is 0 Å². The van der Waals surface area contributed by atoms with Gasteiger partial charge in [0, 0.05) is 6.04 Å². The van der Waals surface area contributed by atoms with Crippen molar-refractivity contribution >= 4 is 0 Å². The van der Waals surface area contributed by atoms with Crippen molar-refractivity contribution in [2.45, 2.75) is 52.5 Å². The van der Waals surface area contributed by atoms with Crippen LogP contribution in [-0.4, -0.2) is 13.1 Å². The number of hydrogen-bond acceptors (Lipinski definition) is 1. The van der Waals surface area contributed by atoms with E-state index in [1.165, 1.54) is 25.7 Å². The molecule has 0 bridgehead atoms. The van der Waals surface area contributed by atoms with Crippen molar-refractivity contribution in [2.75, 3.05) is 7.05 Å². The zero-order valence-corrected chi connectivity index (χ0v) is 9.64. The molecule has 0 amide bonds. The first kappa shape index (κ1) is 11.0. The SMILES string of the molecule is CNC(CC(C)C)C1CCC(C)C1. The van der Waals surface area contributed by atoms with Gasteiger partial charge < -0.3 is 5.32 Å². The molecule has 13 heavy (non-hydrogen) atoms. The summed E-state index contributed by atoms with van der Waals surface area (Å²) in [6, 6.07) is 0.768. The molecule has 0 spiro atoms. The molecule has 1 aliphatic carbocycles. The van der Waals surface area contributed by atoms with Gasteiger partial charge in [-0.3, -0.25) is 0 Å². The van der Waals surface area contributed by atoms with E-state index in [0.717, 1.165) is 23.8 Å². The van der Waals surface area contributed by atoms with E-state index in [1.54, 1.807) is 0 Å². The molecule has 0 aromatic heterocycles. The summed E-state index contributed by atoms with van der Waals surface area (Å²) in [6.45, 7) is 7.04. The molecule has 3 atom stereocenters. The Morgan fingerprint density at radius 1 is 1.31 bits per heavy atom. The number of hydrogen-bond donors (Lipinski definition) is 1. The monoisotopic (exact) mass is 183 g/mol. The lowest BCUT2D eigenvalue weighted by Gasteiger charge is -2.24. The quantitative estimate of drug-likeness (QED) is 0.706. The van der Waals surface area contributed by atoms with Crippen molar-refractivity contribution in [3.63, 3.8) is 0 Å². The molecule has 1 nitrogen and oxygen atoms in total. The van der Waals surface area contributed by atoms with Crippen LogP contribution < -0.4 is 5.32 Å². The molecule has 3 unspecified atom stereocenters. The van der Waals surface area contributed by atoms with Gasteiger partial charge in [-0.05, 0) is 44.1 Å². The van der Waals surface area contributed by atoms with Crippen LogP contribution in [0.4, 0.5) is 0 Å². The van der Waals surface area contributed by atoms with Crippen molar-refractivity contribution in [1.82, 2.24) is 5.32 Å². The first-order valence-electron chi connectivity index (χ1n) is 5.80. The Hall–Kier alpha value is -0.0400. The smallest absolute Gasteiger partial charge is 0.00948 e. The lowest BCUT2D eigenvalue weighted by Crippen LogP contribution is -2.33. The van der Waals surface area contributed by atoms with E-state index >= 15 is 0 Å². The highest BCUT2D eigenvalue weighted by molar-refractivity contribution is 4.82. The average Bonchev–Trinajstić information content (AvgIpc) is 2.47. The van der Waals surface area contributed by atoms with E-state index < -0.39 is 0 Å². The lowest BCUT2D eigenvalue weighted by atomic mass is 9.90. The third-order valence-corrected chi connectivity index (χ3v) is 3.40. The van der Waals surface area contributed by atoms with Gasteiger partial charge in [-0.25, -0.2) is 0 Å². The number of nitrogens with one attached hydrogen (secondary N) is 1. The van der Waals surface area contributed by atoms with Gasteiger partial charge in [-0.2, -0.15) is 0 Å². The summed E-state index contributed by atoms with van der Waals surface area (Å²) in [5, 5.41) is 3.50. The van der Waals surface area contributed by atoms with Gasteiger partial charge in [0.2, 0.25) is 0 Å². The third kappa shape index (κ3) is 3.30. The Labute approximate surface area is 83.3 Å². The van der Waals surface area contributed by atoms with Gasteiger partial charge in [-0.1, -0.05) is 27.2 Å². The standard InChI is InChI=1S/C12H25N/c1-9(2)7-12(13-4)11-6-5-10(3)8-11/h9-13H,5-8H2,1-4H3. The predicted octanol–water partition coefficient (Wildman–Crippen LogP) is 3.06. The van der Waals surface area contributed by atoms with E-state index in [0.29, 0.717) is 0 Å². The Morgan fingerprint density at radius 2 is 2.00 bits per heavy atom. The van der Waals surface area contributed by atoms with Crippen molar-refractivity contribution in [3.05, 3.63) is 0 Å². The normalized spacial score (nSPS) is 31.2. The third-order valence-electron chi connectivity index (χ3n) is 3.40. The fourth-order valence-electron chi connectivity index (χ4n) is 2.67. The van der Waals surface area contributed by atoms with Crippen LogP contribution in [0.5, 0.6) is 0 Å². The molecule has 0 aromatic carbocycles. The molecule has 1 heteroatoms. The van der Waals surface area contributed by atoms with Crippen molar-refractivity contribution in [2.24, 2.45) is 17.8 Å². The maximum atomic E-state index is 3.50. The Balaban J connectivity index is 2.37. The minimum atomic E-state index is 0.768. The largest absolute Gasteiger partial charge is 0.317 e. The van der Waals surface area contributed by atoms with Gasteiger partial charge in [0.1, 0.15) is 0 Å². The van der Waals surface area contributed by atoms with Gasteiger partial charge in [0.25, 0.3) is 0 Å². The molecule has 1 saturated carbocycles. The first-order valence-corrected chi connectivity index (χ1v) is 5.80. The molecule has 0 aliphatic heterocycles. The molecule has 1 fully saturated rings. The average molecular weight is 183 g/mol. The Bertz CT molecular complexity index is 142. The van der Waals surface area contributed by atoms with E-state index in [4.69, 9.17) is 0 Å². The Kier molecular flexibility index (Phi) is 4.24. The van der Waals surface area contributed by atoms with Crippen LogP contribution in [0.1, 0.15) is 46.5 Å². The fourth-order valence-corrected chi connectivity index (χ4v) is 2.67. The first-order chi connectivity index (χ1) is 6.13. The van der Waals surface area contributed by atoms with Gasteiger partial charge in [0.05, 0.1) is 0 Å². The molecule has 1 rings (SSSR count). The number of rotatable bonds is 4. The second-order valence-electron chi connectivity index (χ2n) is 5.20. The summed E-state index contributed by atoms with van der Waals surface area (Å²) < 4.78 is 0. The minimum absolute atomic E-state index is 0.768. The highest BCUT2D eigenvalue weighted by Gasteiger charge is 2.27. The Morgan fingerprint density at radius 3 is 2.38 bits per heavy atom. The second-order valence-corrected chi connectivity index (χ2v) is 5.20. The molecule has 0 saturated heterocycles. The van der Waals surface area contributed by atoms with Crippen LogP contribution in [-0.2, 0) is 0 Å². The fraction of sp³-hybridized carbons (Fsp3) is 1.00. The van der Waals surface area contributed by atoms with E-state index in [9.17, 15) is 0 Å². The molecule has 0 heterocycles. The molecule has 78 valence electrons. The predicted molar refractivity (Wildman–Crippen MR) is 58.8 cm³/mol. The summed E-state index contributed by atoms with van der Waals surface area (Å²) in [4.78, 5) is 0. The molecule has 1 N–H and O–H groups in total. The van der Waals surface area contributed by atoms with Crippen LogP contribution in [0.15, 0.2) is 0 Å². The van der Waals surface area contributed by atoms with Gasteiger partial charge in [-0.15, -0.1) is 0 Å². The topological polar surface area (TPSA) is 12.0 Å². The summed E-state index contributed by atoms with van der Waals surface area (Å²) in [5.41, 5.74) is 0. The summed E-state index contributed by atoms with van der Waals surface area (Å²) >= 11 is 0. The summed E-state index contributed by atoms with van der Waals surface area (Å²) in [6.07, 6.45) is 5.67. The van der Waals surface area contributed by atoms with Gasteiger partial charge in [0.15, 0.2) is 0 Å². The maximum Gasteiger partial charge on any atom is 0.00948 e. The highest BCUT2D eigenvalue weighted by atomic mass is 14.9. The molecular weight excluding hydrogens is 158 g/mol. The van der Waals surface area contributed by atoms with Crippen LogP contribution in [0.25, 0.3) is 0 Å². The summed E-state index contributed by atoms with van der Waals surface area (Å²) in [7, 11) is 2.12. The second kappa shape index (κ2) is 4.99. The van der Waals surface area contributed by atoms with Crippen molar-refractivity contribution < 1.29 is 0 Å². The van der Waals surface area contributed by atoms with Crippen molar-refractivity contribution in [1.29, 1.82) is 0 Å². The molecule has 0 aromatic rings. The van der Waals surface area contributed by atoms with Crippen LogP contribution in [0.2, 0.25) is 0 Å². The van der Waals surface area contributed by atoms with Gasteiger partial charge >= 0.3 is 0 Å². The lowest BCUT2D eigenvalue weighted by molar-refractivity contribution is 0.319. The van der Waals surface area contributed by atoms with Crippen molar-refractivity contribution in [3.8, 4) is 0 Å². The highest BCUT2D eigenvalue weighted by Crippen LogP contribution is 2.34.